The van der Waals surface area contributed by atoms with Gasteiger partial charge in [-0.3, -0.25) is 0 Å². The lowest BCUT2D eigenvalue weighted by atomic mass is 10.3. The minimum absolute atomic E-state index is 0.351. The van der Waals surface area contributed by atoms with E-state index in [1.165, 1.54) is 7.11 Å². The Kier molecular flexibility index (Phi) is 3.15. The van der Waals surface area contributed by atoms with Gasteiger partial charge in [0.05, 0.1) is 0 Å². The first-order valence-electron chi connectivity index (χ1n) is 3.43. The van der Waals surface area contributed by atoms with E-state index in [1.807, 2.05) is 0 Å². The summed E-state index contributed by atoms with van der Waals surface area (Å²) < 4.78 is 0. The van der Waals surface area contributed by atoms with Crippen molar-refractivity contribution in [2.75, 3.05) is 7.11 Å². The molecule has 2 unspecified atom stereocenters. The quantitative estimate of drug-likeness (QED) is 0.546. The van der Waals surface area contributed by atoms with Gasteiger partial charge in [-0.1, -0.05) is 23.5 Å². The summed E-state index contributed by atoms with van der Waals surface area (Å²) in [6, 6.07) is 8.29. The van der Waals surface area contributed by atoms with Gasteiger partial charge in [0, 0.05) is 12.1 Å². The lowest BCUT2D eigenvalue weighted by Gasteiger charge is -2.27. The Bertz CT molecular complexity index is 229. The van der Waals surface area contributed by atoms with Crippen LogP contribution in [0.3, 0.4) is 0 Å². The van der Waals surface area contributed by atoms with E-state index in [-0.39, 0.29) is 0 Å². The van der Waals surface area contributed by atoms with Crippen LogP contribution in [0.15, 0.2) is 30.3 Å². The van der Waals surface area contributed by atoms with Crippen molar-refractivity contribution in [1.29, 1.82) is 0 Å². The van der Waals surface area contributed by atoms with E-state index in [0.717, 1.165) is 0 Å². The van der Waals surface area contributed by atoms with Gasteiger partial charge < -0.3 is 10.4 Å². The molecule has 0 spiro atoms. The zero-order valence-corrected chi connectivity index (χ0v) is 6.61. The molecular formula is C7H10N2O3. The number of para-hydroxylation sites is 1. The van der Waals surface area contributed by atoms with Crippen LogP contribution in [-0.4, -0.2) is 7.11 Å². The lowest BCUT2D eigenvalue weighted by molar-refractivity contribution is -1.52. The molecule has 5 heteroatoms. The molecule has 1 aromatic carbocycles. The maximum atomic E-state index is 11.1. The van der Waals surface area contributed by atoms with Crippen molar-refractivity contribution in [1.82, 2.24) is 0 Å². The van der Waals surface area contributed by atoms with Crippen LogP contribution >= 0.6 is 0 Å². The van der Waals surface area contributed by atoms with Crippen LogP contribution in [0.5, 0.6) is 0 Å². The molecule has 0 amide bonds. The van der Waals surface area contributed by atoms with Gasteiger partial charge in [-0.05, 0) is 0 Å². The molecule has 0 aromatic heterocycles. The molecule has 2 atom stereocenters. The SMILES string of the molecule is CO[NH+]([O-])[NH+]([O-])c1ccccc1. The van der Waals surface area contributed by atoms with Crippen molar-refractivity contribution in [3.8, 4) is 0 Å². The lowest BCUT2D eigenvalue weighted by Crippen LogP contribution is -3.53. The molecule has 1 aromatic rings. The van der Waals surface area contributed by atoms with Crippen LogP contribution < -0.4 is 10.5 Å². The number of rotatable bonds is 3. The highest BCUT2D eigenvalue weighted by atomic mass is 17.0. The van der Waals surface area contributed by atoms with Crippen molar-refractivity contribution < 1.29 is 15.3 Å². The number of nitrogens with one attached hydrogen (secondary N) is 2. The molecule has 0 aliphatic rings. The molecule has 1 rings (SSSR count). The Morgan fingerprint density at radius 3 is 2.25 bits per heavy atom. The Labute approximate surface area is 69.9 Å². The Morgan fingerprint density at radius 2 is 1.75 bits per heavy atom. The second-order valence-electron chi connectivity index (χ2n) is 2.19. The summed E-state index contributed by atoms with van der Waals surface area (Å²) >= 11 is 0. The highest BCUT2D eigenvalue weighted by Crippen LogP contribution is 1.95. The monoisotopic (exact) mass is 170 g/mol. The van der Waals surface area contributed by atoms with E-state index in [0.29, 0.717) is 5.69 Å². The van der Waals surface area contributed by atoms with Crippen LogP contribution in [-0.2, 0) is 4.84 Å². The predicted molar refractivity (Wildman–Crippen MR) is 41.8 cm³/mol. The van der Waals surface area contributed by atoms with Crippen molar-refractivity contribution in [3.05, 3.63) is 40.7 Å². The molecule has 0 radical (unpaired) electrons. The van der Waals surface area contributed by atoms with Crippen LogP contribution in [0.25, 0.3) is 0 Å². The van der Waals surface area contributed by atoms with Gasteiger partial charge in [0.25, 0.3) is 0 Å². The standard InChI is InChI=1S/C7H10N2O3/c1-12-9(11)8(10)7-5-3-2-4-6-7/h2-6,8-9H,1H3. The van der Waals surface area contributed by atoms with Gasteiger partial charge in [-0.15, -0.1) is 0 Å². The van der Waals surface area contributed by atoms with E-state index in [9.17, 15) is 10.4 Å². The fourth-order valence-electron chi connectivity index (χ4n) is 0.800. The van der Waals surface area contributed by atoms with Crippen molar-refractivity contribution >= 4 is 5.69 Å². The first kappa shape index (κ1) is 9.11. The van der Waals surface area contributed by atoms with E-state index in [4.69, 9.17) is 0 Å². The molecule has 0 heterocycles. The fourth-order valence-corrected chi connectivity index (χ4v) is 0.800. The van der Waals surface area contributed by atoms with E-state index in [1.54, 1.807) is 30.3 Å². The van der Waals surface area contributed by atoms with E-state index in [2.05, 4.69) is 4.84 Å². The van der Waals surface area contributed by atoms with Crippen molar-refractivity contribution in [2.24, 2.45) is 0 Å². The summed E-state index contributed by atoms with van der Waals surface area (Å²) in [5.74, 6) is 0. The Hall–Kier alpha value is -0.980. The molecule has 66 valence electrons. The second-order valence-corrected chi connectivity index (χ2v) is 2.19. The number of benzene rings is 1. The number of hydrogen-bond acceptors (Lipinski definition) is 3. The molecule has 0 aliphatic heterocycles. The topological polar surface area (TPSA) is 64.2 Å². The van der Waals surface area contributed by atoms with Crippen molar-refractivity contribution in [2.45, 2.75) is 0 Å². The van der Waals surface area contributed by atoms with Gasteiger partial charge in [0.15, 0.2) is 5.69 Å². The molecular weight excluding hydrogens is 160 g/mol. The van der Waals surface area contributed by atoms with Crippen LogP contribution in [0.2, 0.25) is 0 Å². The molecule has 0 aliphatic carbocycles. The summed E-state index contributed by atoms with van der Waals surface area (Å²) in [7, 11) is 1.18. The first-order chi connectivity index (χ1) is 5.75. The smallest absolute Gasteiger partial charge is 0.182 e. The van der Waals surface area contributed by atoms with Gasteiger partial charge in [-0.25, -0.2) is 0 Å². The summed E-state index contributed by atoms with van der Waals surface area (Å²) in [4.78, 5) is 4.28. The largest absolute Gasteiger partial charge is 0.576 e. The van der Waals surface area contributed by atoms with Crippen molar-refractivity contribution in [3.63, 3.8) is 0 Å². The first-order valence-corrected chi connectivity index (χ1v) is 3.43. The fraction of sp³-hybridized carbons (Fsp3) is 0.143. The van der Waals surface area contributed by atoms with Gasteiger partial charge >= 0.3 is 0 Å². The highest BCUT2D eigenvalue weighted by molar-refractivity contribution is 5.27. The number of quaternary nitrogens is 2. The minimum atomic E-state index is -0.832. The van der Waals surface area contributed by atoms with Gasteiger partial charge in [0.1, 0.15) is 7.11 Å². The molecule has 12 heavy (non-hydrogen) atoms. The van der Waals surface area contributed by atoms with Crippen LogP contribution in [0.1, 0.15) is 0 Å². The summed E-state index contributed by atoms with van der Waals surface area (Å²) in [5, 5.41) is 20.4. The molecule has 0 saturated heterocycles. The molecule has 2 N–H and O–H groups in total. The predicted octanol–water partition coefficient (Wildman–Crippen LogP) is -1.44. The third kappa shape index (κ3) is 2.00. The Morgan fingerprint density at radius 1 is 1.17 bits per heavy atom. The highest BCUT2D eigenvalue weighted by Gasteiger charge is 2.06. The third-order valence-corrected chi connectivity index (χ3v) is 1.41. The molecule has 5 nitrogen and oxygen atoms in total. The van der Waals surface area contributed by atoms with Crippen LogP contribution in [0.4, 0.5) is 5.69 Å². The summed E-state index contributed by atoms with van der Waals surface area (Å²) in [6.07, 6.45) is 0. The zero-order valence-electron chi connectivity index (χ0n) is 6.61. The summed E-state index contributed by atoms with van der Waals surface area (Å²) in [6.45, 7) is 0. The second kappa shape index (κ2) is 4.15. The molecule has 0 fully saturated rings. The Balaban J connectivity index is 2.71. The maximum absolute atomic E-state index is 11.1. The van der Waals surface area contributed by atoms with E-state index >= 15 is 0 Å². The van der Waals surface area contributed by atoms with Crippen LogP contribution in [0, 0.1) is 10.4 Å². The maximum Gasteiger partial charge on any atom is 0.182 e. The molecule has 0 bridgehead atoms. The average Bonchev–Trinajstić information content (AvgIpc) is 2.17. The molecule has 0 saturated carbocycles. The minimum Gasteiger partial charge on any atom is -0.576 e. The summed E-state index contributed by atoms with van der Waals surface area (Å²) in [5.41, 5.74) is 0.351. The van der Waals surface area contributed by atoms with E-state index < -0.39 is 10.5 Å². The zero-order chi connectivity index (χ0) is 8.97. The normalized spacial score (nSPS) is 15.6. The van der Waals surface area contributed by atoms with Gasteiger partial charge in [-0.2, -0.15) is 10.0 Å². The average molecular weight is 170 g/mol. The number of hydrogen-bond donors (Lipinski definition) is 2. The van der Waals surface area contributed by atoms with Gasteiger partial charge in [0.2, 0.25) is 0 Å². The third-order valence-electron chi connectivity index (χ3n) is 1.41.